The monoisotopic (exact) mass is 288 g/mol. The first kappa shape index (κ1) is 18.8. The number of aldehydes is 1. The Balaban J connectivity index is 5.10. The van der Waals surface area contributed by atoms with Crippen LogP contribution in [0.3, 0.4) is 0 Å². The Hall–Kier alpha value is -0.193. The zero-order valence-corrected chi connectivity index (χ0v) is 15.1. The summed E-state index contributed by atoms with van der Waals surface area (Å²) in [6.07, 6.45) is 0.329. The van der Waals surface area contributed by atoms with E-state index in [1.165, 1.54) is 0 Å². The smallest absolute Gasteiger partial charge is 0.246 e. The summed E-state index contributed by atoms with van der Waals surface area (Å²) >= 11 is 0. The van der Waals surface area contributed by atoms with E-state index in [2.05, 4.69) is 41.5 Å². The van der Waals surface area contributed by atoms with Crippen molar-refractivity contribution in [3.63, 3.8) is 0 Å². The summed E-state index contributed by atoms with van der Waals surface area (Å²) in [4.78, 5) is 16.8. The molecule has 0 bridgehead atoms. The molecule has 4 heteroatoms. The maximum Gasteiger partial charge on any atom is 0.246 e. The van der Waals surface area contributed by atoms with Crippen molar-refractivity contribution in [3.8, 4) is 0 Å². The number of carbonyl (C=O) groups excluding carboxylic acids is 1. The predicted molar refractivity (Wildman–Crippen MR) is 82.5 cm³/mol. The highest BCUT2D eigenvalue weighted by molar-refractivity contribution is 6.77. The van der Waals surface area contributed by atoms with E-state index < -0.39 is 14.4 Å². The number of hydrogen-bond donors (Lipinski definition) is 0. The summed E-state index contributed by atoms with van der Waals surface area (Å²) < 4.78 is 6.00. The zero-order chi connectivity index (χ0) is 15.4. The van der Waals surface area contributed by atoms with Gasteiger partial charge in [0.1, 0.15) is 0 Å². The van der Waals surface area contributed by atoms with Gasteiger partial charge in [0.2, 0.25) is 8.32 Å². The standard InChI is InChI=1S/C15H32O3Si/c1-11(2)19(12(3)4,13(5)6)18-17-14(10-16)15(7,8)9/h10-14H,1-9H3. The molecule has 0 aliphatic carbocycles. The molecule has 0 rings (SSSR count). The number of hydrogen-bond acceptors (Lipinski definition) is 3. The molecule has 0 amide bonds. The summed E-state index contributed by atoms with van der Waals surface area (Å²) in [6, 6.07) is 0. The minimum Gasteiger partial charge on any atom is -0.300 e. The van der Waals surface area contributed by atoms with Crippen LogP contribution in [0.5, 0.6) is 0 Å². The lowest BCUT2D eigenvalue weighted by Crippen LogP contribution is -2.49. The van der Waals surface area contributed by atoms with Crippen molar-refractivity contribution in [2.45, 2.75) is 85.0 Å². The molecule has 0 heterocycles. The van der Waals surface area contributed by atoms with Crippen LogP contribution >= 0.6 is 0 Å². The van der Waals surface area contributed by atoms with Gasteiger partial charge >= 0.3 is 0 Å². The first-order valence-electron chi connectivity index (χ1n) is 7.29. The first-order chi connectivity index (χ1) is 8.50. The quantitative estimate of drug-likeness (QED) is 0.294. The van der Waals surface area contributed by atoms with Crippen molar-refractivity contribution in [1.29, 1.82) is 0 Å². The van der Waals surface area contributed by atoms with Gasteiger partial charge in [-0.15, -0.1) is 0 Å². The summed E-state index contributed by atoms with van der Waals surface area (Å²) in [7, 11) is -2.07. The molecule has 0 aromatic rings. The van der Waals surface area contributed by atoms with Crippen molar-refractivity contribution in [1.82, 2.24) is 0 Å². The Kier molecular flexibility index (Phi) is 6.93. The molecule has 0 radical (unpaired) electrons. The van der Waals surface area contributed by atoms with Gasteiger partial charge in [0.05, 0.1) is 0 Å². The third kappa shape index (κ3) is 4.40. The van der Waals surface area contributed by atoms with Crippen LogP contribution < -0.4 is 0 Å². The van der Waals surface area contributed by atoms with Crippen LogP contribution in [0, 0.1) is 5.41 Å². The van der Waals surface area contributed by atoms with Crippen LogP contribution in [0.2, 0.25) is 16.6 Å². The van der Waals surface area contributed by atoms with Crippen LogP contribution in [0.25, 0.3) is 0 Å². The van der Waals surface area contributed by atoms with Gasteiger partial charge in [-0.1, -0.05) is 62.3 Å². The SMILES string of the molecule is CC(C)[Si](OOC(C=O)C(C)(C)C)(C(C)C)C(C)C. The molecular formula is C15H32O3Si. The number of carbonyl (C=O) groups is 1. The second-order valence-corrected chi connectivity index (χ2v) is 12.8. The fourth-order valence-electron chi connectivity index (χ4n) is 2.79. The Morgan fingerprint density at radius 2 is 1.26 bits per heavy atom. The third-order valence-electron chi connectivity index (χ3n) is 3.98. The minimum atomic E-state index is -2.07. The van der Waals surface area contributed by atoms with Crippen molar-refractivity contribution < 1.29 is 14.3 Å². The van der Waals surface area contributed by atoms with E-state index in [0.29, 0.717) is 16.6 Å². The van der Waals surface area contributed by atoms with Crippen molar-refractivity contribution >= 4 is 14.6 Å². The molecule has 0 saturated carbocycles. The van der Waals surface area contributed by atoms with Gasteiger partial charge in [-0.3, -0.25) is 4.58 Å². The molecule has 0 spiro atoms. The first-order valence-corrected chi connectivity index (χ1v) is 9.43. The summed E-state index contributed by atoms with van der Waals surface area (Å²) in [5.41, 5.74) is 1.09. The molecule has 0 aliphatic heterocycles. The van der Waals surface area contributed by atoms with Gasteiger partial charge in [-0.05, 0) is 22.0 Å². The molecule has 1 unspecified atom stereocenters. The molecule has 3 nitrogen and oxygen atoms in total. The van der Waals surface area contributed by atoms with Gasteiger partial charge in [-0.25, -0.2) is 4.89 Å². The molecule has 0 aromatic carbocycles. The highest BCUT2D eigenvalue weighted by Crippen LogP contribution is 2.43. The fraction of sp³-hybridized carbons (Fsp3) is 0.933. The molecule has 0 N–H and O–H groups in total. The van der Waals surface area contributed by atoms with Gasteiger partial charge in [0.25, 0.3) is 0 Å². The molecule has 1 atom stereocenters. The Bertz CT molecular complexity index is 258. The van der Waals surface area contributed by atoms with Crippen molar-refractivity contribution in [2.24, 2.45) is 5.41 Å². The predicted octanol–water partition coefficient (Wildman–Crippen LogP) is 4.72. The van der Waals surface area contributed by atoms with Crippen LogP contribution in [-0.2, 0) is 14.3 Å². The highest BCUT2D eigenvalue weighted by Gasteiger charge is 2.48. The maximum atomic E-state index is 11.2. The molecule has 0 aromatic heterocycles. The summed E-state index contributed by atoms with van der Waals surface area (Å²) in [5.74, 6) is 0. The zero-order valence-electron chi connectivity index (χ0n) is 14.1. The van der Waals surface area contributed by atoms with E-state index in [9.17, 15) is 4.79 Å². The fourth-order valence-corrected chi connectivity index (χ4v) is 7.64. The Morgan fingerprint density at radius 3 is 1.47 bits per heavy atom. The van der Waals surface area contributed by atoms with Gasteiger partial charge in [0, 0.05) is 0 Å². The maximum absolute atomic E-state index is 11.2. The van der Waals surface area contributed by atoms with Crippen molar-refractivity contribution in [2.75, 3.05) is 0 Å². The van der Waals surface area contributed by atoms with Crippen molar-refractivity contribution in [3.05, 3.63) is 0 Å². The Labute approximate surface area is 120 Å². The molecule has 0 aliphatic rings. The van der Waals surface area contributed by atoms with Crippen LogP contribution in [0.4, 0.5) is 0 Å². The normalized spacial score (nSPS) is 15.4. The topological polar surface area (TPSA) is 35.5 Å². The van der Waals surface area contributed by atoms with E-state index in [1.54, 1.807) is 0 Å². The van der Waals surface area contributed by atoms with Crippen LogP contribution in [-0.4, -0.2) is 20.7 Å². The second kappa shape index (κ2) is 7.00. The minimum absolute atomic E-state index is 0.243. The van der Waals surface area contributed by atoms with E-state index >= 15 is 0 Å². The van der Waals surface area contributed by atoms with E-state index in [-0.39, 0.29) is 5.41 Å². The molecular weight excluding hydrogens is 256 g/mol. The number of rotatable bonds is 7. The molecule has 19 heavy (non-hydrogen) atoms. The summed E-state index contributed by atoms with van der Waals surface area (Å²) in [5, 5.41) is 0. The third-order valence-corrected chi connectivity index (χ3v) is 9.78. The average Bonchev–Trinajstić information content (AvgIpc) is 2.20. The molecule has 0 saturated heterocycles. The largest absolute Gasteiger partial charge is 0.300 e. The van der Waals surface area contributed by atoms with E-state index in [4.69, 9.17) is 9.46 Å². The summed E-state index contributed by atoms with van der Waals surface area (Å²) in [6.45, 7) is 19.1. The lowest BCUT2D eigenvalue weighted by Gasteiger charge is -2.41. The van der Waals surface area contributed by atoms with Crippen LogP contribution in [0.15, 0.2) is 0 Å². The average molecular weight is 289 g/mol. The lowest BCUT2D eigenvalue weighted by atomic mass is 9.90. The lowest BCUT2D eigenvalue weighted by molar-refractivity contribution is -0.269. The van der Waals surface area contributed by atoms with Gasteiger partial charge in [0.15, 0.2) is 12.4 Å². The molecule has 0 fully saturated rings. The Morgan fingerprint density at radius 1 is 0.895 bits per heavy atom. The molecule has 114 valence electrons. The van der Waals surface area contributed by atoms with Gasteiger partial charge in [-0.2, -0.15) is 0 Å². The second-order valence-electron chi connectivity index (χ2n) is 7.42. The highest BCUT2D eigenvalue weighted by atomic mass is 28.4. The van der Waals surface area contributed by atoms with E-state index in [0.717, 1.165) is 6.29 Å². The van der Waals surface area contributed by atoms with Crippen LogP contribution in [0.1, 0.15) is 62.3 Å². The van der Waals surface area contributed by atoms with E-state index in [1.807, 2.05) is 20.8 Å². The van der Waals surface area contributed by atoms with Gasteiger partial charge < -0.3 is 4.79 Å².